The number of nitrogens with one attached hydrogen (secondary N) is 1. The van der Waals surface area contributed by atoms with Gasteiger partial charge in [-0.05, 0) is 39.8 Å². The van der Waals surface area contributed by atoms with Crippen molar-refractivity contribution in [1.82, 2.24) is 15.0 Å². The van der Waals surface area contributed by atoms with Gasteiger partial charge in [0.15, 0.2) is 11.6 Å². The minimum atomic E-state index is -0.984. The Hall–Kier alpha value is -2.48. The summed E-state index contributed by atoms with van der Waals surface area (Å²) in [6.45, 7) is 10.0. The van der Waals surface area contributed by atoms with E-state index in [0.29, 0.717) is 19.0 Å². The molecular weight excluding hydrogens is 396 g/mol. The minimum Gasteiger partial charge on any atom is -0.386 e. The van der Waals surface area contributed by atoms with Gasteiger partial charge < -0.3 is 19.7 Å². The van der Waals surface area contributed by atoms with E-state index in [2.05, 4.69) is 41.9 Å². The molecule has 156 valence electrons. The third kappa shape index (κ3) is 3.09. The van der Waals surface area contributed by atoms with Crippen molar-refractivity contribution in [2.24, 2.45) is 0 Å². The fourth-order valence-electron chi connectivity index (χ4n) is 4.43. The zero-order valence-corrected chi connectivity index (χ0v) is 18.5. The number of thiophene rings is 1. The maximum Gasteiger partial charge on any atom is 0.162 e. The number of aromatic nitrogens is 3. The van der Waals surface area contributed by atoms with E-state index in [0.717, 1.165) is 49.5 Å². The lowest BCUT2D eigenvalue weighted by molar-refractivity contribution is 0.0798. The molecule has 1 aliphatic heterocycles. The topological polar surface area (TPSA) is 74.3 Å². The number of hydrogen-bond acceptors (Lipinski definition) is 6. The van der Waals surface area contributed by atoms with Crippen LogP contribution in [0.4, 0.5) is 5.82 Å². The molecule has 0 aliphatic carbocycles. The summed E-state index contributed by atoms with van der Waals surface area (Å²) in [4.78, 5) is 16.8. The number of rotatable bonds is 3. The zero-order valence-electron chi connectivity index (χ0n) is 17.7. The van der Waals surface area contributed by atoms with E-state index in [1.165, 1.54) is 0 Å². The molecule has 0 amide bonds. The Morgan fingerprint density at radius 2 is 2.10 bits per heavy atom. The molecule has 30 heavy (non-hydrogen) atoms. The van der Waals surface area contributed by atoms with Gasteiger partial charge in [0, 0.05) is 39.6 Å². The van der Waals surface area contributed by atoms with E-state index in [1.807, 2.05) is 26.1 Å². The predicted molar refractivity (Wildman–Crippen MR) is 122 cm³/mol. The van der Waals surface area contributed by atoms with Crippen LogP contribution < -0.4 is 4.90 Å². The average molecular weight is 423 g/mol. The highest BCUT2D eigenvalue weighted by Gasteiger charge is 2.30. The van der Waals surface area contributed by atoms with Gasteiger partial charge in [-0.15, -0.1) is 11.3 Å². The SMILES string of the molecule is Cc1sc2c(N3CCOC[C@H]3C)nc(-c3cccc4[nH]ccc34)nc2c1C(C)(C)O. The van der Waals surface area contributed by atoms with Crippen LogP contribution in [-0.4, -0.2) is 45.9 Å². The lowest BCUT2D eigenvalue weighted by Gasteiger charge is -2.34. The molecule has 3 aromatic heterocycles. The molecule has 1 fully saturated rings. The van der Waals surface area contributed by atoms with Crippen LogP contribution in [0.3, 0.4) is 0 Å². The van der Waals surface area contributed by atoms with Crippen LogP contribution in [0, 0.1) is 6.92 Å². The first kappa shape index (κ1) is 19.5. The van der Waals surface area contributed by atoms with E-state index in [4.69, 9.17) is 14.7 Å². The van der Waals surface area contributed by atoms with Crippen LogP contribution in [0.5, 0.6) is 0 Å². The van der Waals surface area contributed by atoms with E-state index in [1.54, 1.807) is 11.3 Å². The summed E-state index contributed by atoms with van der Waals surface area (Å²) in [5.74, 6) is 1.62. The molecule has 1 aliphatic rings. The first-order valence-corrected chi connectivity index (χ1v) is 11.1. The van der Waals surface area contributed by atoms with Crippen LogP contribution in [0.15, 0.2) is 30.5 Å². The molecule has 2 N–H and O–H groups in total. The largest absolute Gasteiger partial charge is 0.386 e. The van der Waals surface area contributed by atoms with Crippen LogP contribution in [0.1, 0.15) is 31.2 Å². The summed E-state index contributed by atoms with van der Waals surface area (Å²) in [5, 5.41) is 12.0. The Morgan fingerprint density at radius 3 is 2.87 bits per heavy atom. The molecule has 5 rings (SSSR count). The molecule has 4 heterocycles. The van der Waals surface area contributed by atoms with Gasteiger partial charge in [-0.25, -0.2) is 9.97 Å². The van der Waals surface area contributed by atoms with Gasteiger partial charge in [0.05, 0.1) is 35.1 Å². The number of ether oxygens (including phenoxy) is 1. The molecule has 0 saturated carbocycles. The minimum absolute atomic E-state index is 0.223. The quantitative estimate of drug-likeness (QED) is 0.505. The van der Waals surface area contributed by atoms with E-state index in [-0.39, 0.29) is 6.04 Å². The van der Waals surface area contributed by atoms with Crippen molar-refractivity contribution >= 4 is 38.3 Å². The van der Waals surface area contributed by atoms with Crippen molar-refractivity contribution in [2.45, 2.75) is 39.3 Å². The molecular formula is C23H26N4O2S. The number of H-pyrrole nitrogens is 1. The highest BCUT2D eigenvalue weighted by Crippen LogP contribution is 2.42. The van der Waals surface area contributed by atoms with Crippen LogP contribution in [-0.2, 0) is 10.3 Å². The molecule has 4 aromatic rings. The zero-order chi connectivity index (χ0) is 21.0. The molecule has 1 saturated heterocycles. The maximum atomic E-state index is 10.9. The highest BCUT2D eigenvalue weighted by molar-refractivity contribution is 7.19. The molecule has 0 bridgehead atoms. The second-order valence-electron chi connectivity index (χ2n) is 8.50. The number of aromatic amines is 1. The Kier molecular flexibility index (Phi) is 4.57. The second kappa shape index (κ2) is 7.04. The van der Waals surface area contributed by atoms with Crippen molar-refractivity contribution in [1.29, 1.82) is 0 Å². The van der Waals surface area contributed by atoms with Crippen molar-refractivity contribution < 1.29 is 9.84 Å². The average Bonchev–Trinajstić information content (AvgIpc) is 3.30. The van der Waals surface area contributed by atoms with Gasteiger partial charge >= 0.3 is 0 Å². The van der Waals surface area contributed by atoms with Crippen LogP contribution in [0.2, 0.25) is 0 Å². The summed E-state index contributed by atoms with van der Waals surface area (Å²) in [6.07, 6.45) is 1.94. The molecule has 1 aromatic carbocycles. The number of morpholine rings is 1. The summed E-state index contributed by atoms with van der Waals surface area (Å²) >= 11 is 1.66. The molecule has 6 nitrogen and oxygen atoms in total. The van der Waals surface area contributed by atoms with E-state index < -0.39 is 5.60 Å². The second-order valence-corrected chi connectivity index (χ2v) is 9.73. The number of fused-ring (bicyclic) bond motifs is 2. The predicted octanol–water partition coefficient (Wildman–Crippen LogP) is 4.60. The number of aliphatic hydroxyl groups is 1. The Bertz CT molecular complexity index is 1240. The van der Waals surface area contributed by atoms with Crippen molar-refractivity contribution in [2.75, 3.05) is 24.7 Å². The fraction of sp³-hybridized carbons (Fsp3) is 0.391. The van der Waals surface area contributed by atoms with Crippen molar-refractivity contribution in [3.05, 3.63) is 40.9 Å². The summed E-state index contributed by atoms with van der Waals surface area (Å²) in [6, 6.07) is 8.42. The molecule has 7 heteroatoms. The first-order chi connectivity index (χ1) is 14.3. The Morgan fingerprint density at radius 1 is 1.27 bits per heavy atom. The van der Waals surface area contributed by atoms with Gasteiger partial charge in [-0.1, -0.05) is 12.1 Å². The smallest absolute Gasteiger partial charge is 0.162 e. The summed E-state index contributed by atoms with van der Waals surface area (Å²) in [7, 11) is 0. The standard InChI is InChI=1S/C23H26N4O2S/c1-13-12-29-11-10-27(13)22-20-19(18(14(2)30-20)23(3,4)28)25-21(26-22)16-6-5-7-17-15(16)8-9-24-17/h5-9,13,24,28H,10-12H2,1-4H3/t13-/m1/s1. The fourth-order valence-corrected chi connectivity index (χ4v) is 5.68. The number of hydrogen-bond donors (Lipinski definition) is 2. The number of anilines is 1. The molecule has 1 atom stereocenters. The van der Waals surface area contributed by atoms with Gasteiger partial charge in [0.25, 0.3) is 0 Å². The lowest BCUT2D eigenvalue weighted by atomic mass is 9.97. The lowest BCUT2D eigenvalue weighted by Crippen LogP contribution is -2.44. The van der Waals surface area contributed by atoms with Gasteiger partial charge in [0.1, 0.15) is 0 Å². The van der Waals surface area contributed by atoms with Gasteiger partial charge in [-0.2, -0.15) is 0 Å². The summed E-state index contributed by atoms with van der Waals surface area (Å²) < 4.78 is 6.70. The van der Waals surface area contributed by atoms with E-state index >= 15 is 0 Å². The van der Waals surface area contributed by atoms with Crippen LogP contribution in [0.25, 0.3) is 32.5 Å². The van der Waals surface area contributed by atoms with E-state index in [9.17, 15) is 5.11 Å². The normalized spacial score (nSPS) is 17.9. The Labute approximate surface area is 179 Å². The molecule has 0 spiro atoms. The maximum absolute atomic E-state index is 10.9. The number of benzene rings is 1. The summed E-state index contributed by atoms with van der Waals surface area (Å²) in [5.41, 5.74) is 2.79. The van der Waals surface area contributed by atoms with Gasteiger partial charge in [-0.3, -0.25) is 0 Å². The number of nitrogens with zero attached hydrogens (tertiary/aromatic N) is 3. The van der Waals surface area contributed by atoms with Crippen LogP contribution >= 0.6 is 11.3 Å². The molecule has 0 radical (unpaired) electrons. The molecule has 0 unspecified atom stereocenters. The number of aryl methyl sites for hydroxylation is 1. The Balaban J connectivity index is 1.83. The monoisotopic (exact) mass is 422 g/mol. The van der Waals surface area contributed by atoms with Gasteiger partial charge in [0.2, 0.25) is 0 Å². The van der Waals surface area contributed by atoms with Crippen molar-refractivity contribution in [3.63, 3.8) is 0 Å². The third-order valence-electron chi connectivity index (χ3n) is 5.78. The highest BCUT2D eigenvalue weighted by atomic mass is 32.1. The third-order valence-corrected chi connectivity index (χ3v) is 6.87. The first-order valence-electron chi connectivity index (χ1n) is 10.3. The van der Waals surface area contributed by atoms with Crippen molar-refractivity contribution in [3.8, 4) is 11.4 Å².